The van der Waals surface area contributed by atoms with Crippen molar-refractivity contribution in [2.45, 2.75) is 32.8 Å². The molecule has 0 aliphatic heterocycles. The third-order valence-electron chi connectivity index (χ3n) is 4.99. The number of amides is 1. The first-order valence-electron chi connectivity index (χ1n) is 10.7. The normalized spacial score (nSPS) is 11.9. The average molecular weight is 510 g/mol. The number of carbonyl (C=O) groups is 1. The van der Waals surface area contributed by atoms with E-state index in [2.05, 4.69) is 10.1 Å². The number of benzene rings is 2. The molecule has 1 amide bonds. The van der Waals surface area contributed by atoms with Gasteiger partial charge >= 0.3 is 6.36 Å². The average Bonchev–Trinajstić information content (AvgIpc) is 3.22. The zero-order valence-electron chi connectivity index (χ0n) is 19.5. The number of nitrogens with one attached hydrogen (secondary N) is 1. The van der Waals surface area contributed by atoms with Crippen LogP contribution in [0.5, 0.6) is 17.2 Å². The Morgan fingerprint density at radius 3 is 2.43 bits per heavy atom. The topological polar surface area (TPSA) is 74.1 Å². The number of rotatable bonds is 10. The first kappa shape index (κ1) is 26.1. The summed E-state index contributed by atoms with van der Waals surface area (Å²) in [5.41, 5.74) is 2.40. The van der Waals surface area contributed by atoms with Gasteiger partial charge in [-0.2, -0.15) is 0 Å². The first-order valence-corrected chi connectivity index (χ1v) is 11.6. The molecule has 0 unspecified atom stereocenters. The van der Waals surface area contributed by atoms with Crippen LogP contribution in [0.1, 0.15) is 18.9 Å². The van der Waals surface area contributed by atoms with E-state index >= 15 is 0 Å². The number of nitrogens with zero attached hydrogens (tertiary/aromatic N) is 2. The molecule has 188 valence electrons. The summed E-state index contributed by atoms with van der Waals surface area (Å²) in [7, 11) is 3.16. The molecule has 3 aromatic rings. The maximum atomic E-state index is 12.5. The first-order chi connectivity index (χ1) is 16.7. The Hall–Kier alpha value is -3.47. The lowest BCUT2D eigenvalue weighted by Gasteiger charge is -2.12. The van der Waals surface area contributed by atoms with Gasteiger partial charge in [-0.1, -0.05) is 0 Å². The van der Waals surface area contributed by atoms with Crippen LogP contribution < -0.4 is 24.3 Å². The molecule has 7 nitrogen and oxygen atoms in total. The molecule has 0 saturated heterocycles. The lowest BCUT2D eigenvalue weighted by Crippen LogP contribution is -2.24. The second-order valence-electron chi connectivity index (χ2n) is 7.46. The third kappa shape index (κ3) is 7.51. The van der Waals surface area contributed by atoms with E-state index < -0.39 is 6.36 Å². The Kier molecular flexibility index (Phi) is 8.80. The summed E-state index contributed by atoms with van der Waals surface area (Å²) in [5, 5.41) is 4.67. The van der Waals surface area contributed by atoms with Crippen molar-refractivity contribution in [2.24, 2.45) is 4.99 Å². The predicted molar refractivity (Wildman–Crippen MR) is 127 cm³/mol. The van der Waals surface area contributed by atoms with Crippen molar-refractivity contribution >= 4 is 17.2 Å². The number of hydrogen-bond donors (Lipinski definition) is 1. The Morgan fingerprint density at radius 2 is 1.80 bits per heavy atom. The zero-order chi connectivity index (χ0) is 25.4. The van der Waals surface area contributed by atoms with E-state index in [9.17, 15) is 18.0 Å². The fraction of sp³-hybridized carbons (Fsp3) is 0.333. The van der Waals surface area contributed by atoms with Crippen molar-refractivity contribution < 1.29 is 32.2 Å². The van der Waals surface area contributed by atoms with Crippen LogP contribution in [-0.4, -0.2) is 37.6 Å². The van der Waals surface area contributed by atoms with Crippen LogP contribution in [-0.2, 0) is 17.9 Å². The minimum absolute atomic E-state index is 0.114. The second-order valence-corrected chi connectivity index (χ2v) is 8.29. The Morgan fingerprint density at radius 1 is 1.09 bits per heavy atom. The Labute approximate surface area is 204 Å². The quantitative estimate of drug-likeness (QED) is 0.400. The predicted octanol–water partition coefficient (Wildman–Crippen LogP) is 4.76. The smallest absolute Gasteiger partial charge is 0.497 e. The molecule has 1 heterocycles. The van der Waals surface area contributed by atoms with Crippen molar-refractivity contribution in [1.82, 2.24) is 9.88 Å². The summed E-state index contributed by atoms with van der Waals surface area (Å²) in [6.07, 6.45) is -4.10. The number of hydrogen-bond acceptors (Lipinski definition) is 6. The highest BCUT2D eigenvalue weighted by molar-refractivity contribution is 7.07. The molecular weight excluding hydrogens is 483 g/mol. The van der Waals surface area contributed by atoms with Crippen LogP contribution in [0.25, 0.3) is 11.3 Å². The maximum absolute atomic E-state index is 12.5. The molecule has 3 rings (SSSR count). The van der Waals surface area contributed by atoms with Crippen LogP contribution >= 0.6 is 11.3 Å². The van der Waals surface area contributed by atoms with Crippen molar-refractivity contribution in [1.29, 1.82) is 0 Å². The van der Waals surface area contributed by atoms with Crippen LogP contribution in [0.4, 0.5) is 13.2 Å². The molecule has 0 spiro atoms. The van der Waals surface area contributed by atoms with Gasteiger partial charge in [-0.25, -0.2) is 0 Å². The molecule has 0 bridgehead atoms. The highest BCUT2D eigenvalue weighted by atomic mass is 32.1. The van der Waals surface area contributed by atoms with Gasteiger partial charge < -0.3 is 24.1 Å². The summed E-state index contributed by atoms with van der Waals surface area (Å²) < 4.78 is 54.2. The number of methoxy groups -OCH3 is 2. The standard InChI is InChI=1S/C24H26F3N3O4S/c1-16(31)28-11-4-12-30-21(17-5-8-19(9-6-17)34-24(25,26)27)15-35-23(30)29-14-18-7-10-20(32-2)13-22(18)33-3/h5-10,13,15H,4,11-12,14H2,1-3H3,(H,28,31)/b29-23+. The van der Waals surface area contributed by atoms with E-state index in [-0.39, 0.29) is 11.7 Å². The molecule has 0 fully saturated rings. The lowest BCUT2D eigenvalue weighted by atomic mass is 10.1. The summed E-state index contributed by atoms with van der Waals surface area (Å²) in [6, 6.07) is 11.2. The van der Waals surface area contributed by atoms with Crippen LogP contribution in [0, 0.1) is 0 Å². The molecule has 0 atom stereocenters. The summed E-state index contributed by atoms with van der Waals surface area (Å²) in [6.45, 7) is 2.86. The summed E-state index contributed by atoms with van der Waals surface area (Å²) >= 11 is 1.42. The lowest BCUT2D eigenvalue weighted by molar-refractivity contribution is -0.274. The van der Waals surface area contributed by atoms with Gasteiger partial charge in [0.15, 0.2) is 4.80 Å². The minimum Gasteiger partial charge on any atom is -0.497 e. The van der Waals surface area contributed by atoms with Crippen molar-refractivity contribution in [3.8, 4) is 28.5 Å². The molecule has 0 aliphatic rings. The van der Waals surface area contributed by atoms with Crippen LogP contribution in [0.3, 0.4) is 0 Å². The van der Waals surface area contributed by atoms with Crippen molar-refractivity contribution in [2.75, 3.05) is 20.8 Å². The SMILES string of the molecule is COc1ccc(C/N=c2/scc(-c3ccc(OC(F)(F)F)cc3)n2CCCNC(C)=O)c(OC)c1. The zero-order valence-corrected chi connectivity index (χ0v) is 20.3. The van der Waals surface area contributed by atoms with Gasteiger partial charge in [0.05, 0.1) is 26.5 Å². The molecule has 0 saturated carbocycles. The molecular formula is C24H26F3N3O4S. The van der Waals surface area contributed by atoms with E-state index in [1.807, 2.05) is 22.1 Å². The number of thiazole rings is 1. The number of aromatic nitrogens is 1. The molecule has 1 N–H and O–H groups in total. The number of ether oxygens (including phenoxy) is 3. The number of alkyl halides is 3. The molecule has 35 heavy (non-hydrogen) atoms. The Bertz CT molecular complexity index is 1200. The second kappa shape index (κ2) is 11.8. The number of halogens is 3. The van der Waals surface area contributed by atoms with Gasteiger partial charge in [-0.15, -0.1) is 24.5 Å². The van der Waals surface area contributed by atoms with Gasteiger partial charge in [-0.05, 0) is 48.4 Å². The molecule has 1 aromatic heterocycles. The molecule has 11 heteroatoms. The van der Waals surface area contributed by atoms with Crippen LogP contribution in [0.15, 0.2) is 52.8 Å². The van der Waals surface area contributed by atoms with Gasteiger partial charge in [-0.3, -0.25) is 9.79 Å². The molecule has 2 aromatic carbocycles. The maximum Gasteiger partial charge on any atom is 0.573 e. The van der Waals surface area contributed by atoms with Gasteiger partial charge in [0.25, 0.3) is 0 Å². The number of carbonyl (C=O) groups excluding carboxylic acids is 1. The van der Waals surface area contributed by atoms with Gasteiger partial charge in [0.1, 0.15) is 17.2 Å². The minimum atomic E-state index is -4.75. The summed E-state index contributed by atoms with van der Waals surface area (Å²) in [5.74, 6) is 0.930. The van der Waals surface area contributed by atoms with Gasteiger partial charge in [0.2, 0.25) is 5.91 Å². The van der Waals surface area contributed by atoms with Crippen molar-refractivity contribution in [3.05, 3.63) is 58.2 Å². The third-order valence-corrected chi connectivity index (χ3v) is 5.89. The summed E-state index contributed by atoms with van der Waals surface area (Å²) in [4.78, 5) is 16.7. The highest BCUT2D eigenvalue weighted by Gasteiger charge is 2.31. The molecule has 0 aliphatic carbocycles. The largest absolute Gasteiger partial charge is 0.573 e. The van der Waals surface area contributed by atoms with E-state index in [1.54, 1.807) is 32.4 Å². The fourth-order valence-corrected chi connectivity index (χ4v) is 4.30. The van der Waals surface area contributed by atoms with Crippen LogP contribution in [0.2, 0.25) is 0 Å². The van der Waals surface area contributed by atoms with E-state index in [0.717, 1.165) is 21.6 Å². The fourth-order valence-electron chi connectivity index (χ4n) is 3.37. The monoisotopic (exact) mass is 509 g/mol. The van der Waals surface area contributed by atoms with E-state index in [4.69, 9.17) is 14.5 Å². The van der Waals surface area contributed by atoms with Crippen molar-refractivity contribution in [3.63, 3.8) is 0 Å². The van der Waals surface area contributed by atoms with Gasteiger partial charge in [0, 0.05) is 37.0 Å². The van der Waals surface area contributed by atoms with E-state index in [0.29, 0.717) is 37.6 Å². The Balaban J connectivity index is 1.91. The highest BCUT2D eigenvalue weighted by Crippen LogP contribution is 2.28. The molecule has 0 radical (unpaired) electrons. The van der Waals surface area contributed by atoms with E-state index in [1.165, 1.54) is 30.4 Å².